The van der Waals surface area contributed by atoms with Crippen LogP contribution in [-0.4, -0.2) is 26.2 Å². The van der Waals surface area contributed by atoms with Gasteiger partial charge in [0.05, 0.1) is 6.26 Å². The molecule has 0 unspecified atom stereocenters. The van der Waals surface area contributed by atoms with Crippen molar-refractivity contribution in [1.29, 1.82) is 0 Å². The highest BCUT2D eigenvalue weighted by Crippen LogP contribution is 2.02. The standard InChI is InChI=1S/C7H8O4S/c1-12(9,10)5-6(8)7-3-2-4-11-7/h2-4H,5H2,1H3. The number of carbonyl (C=O) groups excluding carboxylic acids is 1. The van der Waals surface area contributed by atoms with Gasteiger partial charge < -0.3 is 4.42 Å². The van der Waals surface area contributed by atoms with Crippen molar-refractivity contribution >= 4 is 15.6 Å². The number of hydrogen-bond acceptors (Lipinski definition) is 4. The molecule has 0 saturated carbocycles. The van der Waals surface area contributed by atoms with Gasteiger partial charge >= 0.3 is 0 Å². The van der Waals surface area contributed by atoms with E-state index in [-0.39, 0.29) is 5.76 Å². The van der Waals surface area contributed by atoms with E-state index in [9.17, 15) is 13.2 Å². The Hall–Kier alpha value is -1.10. The first-order valence-electron chi connectivity index (χ1n) is 3.23. The number of Topliss-reactive ketones (excluding diaryl/α,β-unsaturated/α-hetero) is 1. The van der Waals surface area contributed by atoms with Crippen LogP contribution in [0.25, 0.3) is 0 Å². The van der Waals surface area contributed by atoms with Crippen LogP contribution < -0.4 is 0 Å². The van der Waals surface area contributed by atoms with Crippen molar-refractivity contribution in [2.75, 3.05) is 12.0 Å². The van der Waals surface area contributed by atoms with E-state index in [1.54, 1.807) is 0 Å². The second-order valence-electron chi connectivity index (χ2n) is 2.47. The van der Waals surface area contributed by atoms with Gasteiger partial charge in [0.15, 0.2) is 15.6 Å². The van der Waals surface area contributed by atoms with Gasteiger partial charge in [-0.1, -0.05) is 0 Å². The molecular weight excluding hydrogens is 180 g/mol. The molecule has 1 rings (SSSR count). The zero-order valence-electron chi connectivity index (χ0n) is 6.48. The van der Waals surface area contributed by atoms with Crippen molar-refractivity contribution in [3.63, 3.8) is 0 Å². The predicted octanol–water partition coefficient (Wildman–Crippen LogP) is 0.507. The summed E-state index contributed by atoms with van der Waals surface area (Å²) in [6.07, 6.45) is 2.34. The van der Waals surface area contributed by atoms with Gasteiger partial charge in [-0.3, -0.25) is 4.79 Å². The smallest absolute Gasteiger partial charge is 0.212 e. The lowest BCUT2D eigenvalue weighted by molar-refractivity contribution is 0.0990. The summed E-state index contributed by atoms with van der Waals surface area (Å²) < 4.78 is 26.1. The van der Waals surface area contributed by atoms with Gasteiger partial charge in [-0.15, -0.1) is 0 Å². The normalized spacial score (nSPS) is 11.4. The van der Waals surface area contributed by atoms with E-state index in [1.165, 1.54) is 18.4 Å². The van der Waals surface area contributed by atoms with Crippen LogP contribution in [0.15, 0.2) is 22.8 Å². The Morgan fingerprint density at radius 1 is 1.58 bits per heavy atom. The number of rotatable bonds is 3. The molecular formula is C7H8O4S. The molecule has 0 aliphatic heterocycles. The zero-order chi connectivity index (χ0) is 9.19. The van der Waals surface area contributed by atoms with Crippen LogP contribution in [0.1, 0.15) is 10.6 Å². The van der Waals surface area contributed by atoms with Gasteiger partial charge in [0.25, 0.3) is 0 Å². The molecule has 0 atom stereocenters. The molecule has 0 aromatic carbocycles. The van der Waals surface area contributed by atoms with Gasteiger partial charge in [0.1, 0.15) is 5.75 Å². The molecule has 0 N–H and O–H groups in total. The molecule has 66 valence electrons. The van der Waals surface area contributed by atoms with Gasteiger partial charge in [-0.25, -0.2) is 8.42 Å². The lowest BCUT2D eigenvalue weighted by Crippen LogP contribution is -2.13. The molecule has 0 radical (unpaired) electrons. The molecule has 12 heavy (non-hydrogen) atoms. The first kappa shape index (κ1) is 8.99. The van der Waals surface area contributed by atoms with E-state index >= 15 is 0 Å². The minimum Gasteiger partial charge on any atom is -0.461 e. The third-order valence-corrected chi connectivity index (χ3v) is 1.98. The maximum absolute atomic E-state index is 11.0. The molecule has 0 amide bonds. The predicted molar refractivity (Wildman–Crippen MR) is 42.7 cm³/mol. The van der Waals surface area contributed by atoms with E-state index < -0.39 is 21.4 Å². The monoisotopic (exact) mass is 188 g/mol. The zero-order valence-corrected chi connectivity index (χ0v) is 7.30. The lowest BCUT2D eigenvalue weighted by Gasteiger charge is -1.93. The molecule has 4 nitrogen and oxygen atoms in total. The molecule has 1 aromatic heterocycles. The highest BCUT2D eigenvalue weighted by Gasteiger charge is 2.14. The molecule has 0 aliphatic rings. The number of furan rings is 1. The fourth-order valence-corrected chi connectivity index (χ4v) is 1.37. The van der Waals surface area contributed by atoms with Crippen LogP contribution in [0.2, 0.25) is 0 Å². The molecule has 0 saturated heterocycles. The first-order chi connectivity index (χ1) is 5.49. The number of hydrogen-bond donors (Lipinski definition) is 0. The minimum absolute atomic E-state index is 0.0837. The maximum Gasteiger partial charge on any atom is 0.212 e. The summed E-state index contributed by atoms with van der Waals surface area (Å²) in [6, 6.07) is 2.98. The Morgan fingerprint density at radius 3 is 2.67 bits per heavy atom. The van der Waals surface area contributed by atoms with Crippen molar-refractivity contribution in [3.8, 4) is 0 Å². The van der Waals surface area contributed by atoms with Crippen LogP contribution >= 0.6 is 0 Å². The third kappa shape index (κ3) is 2.50. The quantitative estimate of drug-likeness (QED) is 0.648. The Labute approximate surface area is 70.1 Å². The summed E-state index contributed by atoms with van der Waals surface area (Å²) in [6.45, 7) is 0. The third-order valence-electron chi connectivity index (χ3n) is 1.19. The Morgan fingerprint density at radius 2 is 2.25 bits per heavy atom. The molecule has 0 bridgehead atoms. The summed E-state index contributed by atoms with van der Waals surface area (Å²) in [5, 5.41) is 0. The second-order valence-corrected chi connectivity index (χ2v) is 4.61. The summed E-state index contributed by atoms with van der Waals surface area (Å²) in [7, 11) is -3.26. The average molecular weight is 188 g/mol. The summed E-state index contributed by atoms with van der Waals surface area (Å²) >= 11 is 0. The molecule has 0 spiro atoms. The van der Waals surface area contributed by atoms with Crippen LogP contribution in [0.3, 0.4) is 0 Å². The van der Waals surface area contributed by atoms with Gasteiger partial charge in [0, 0.05) is 6.26 Å². The fraction of sp³-hybridized carbons (Fsp3) is 0.286. The molecule has 0 fully saturated rings. The van der Waals surface area contributed by atoms with E-state index in [2.05, 4.69) is 0 Å². The van der Waals surface area contributed by atoms with E-state index in [0.717, 1.165) is 6.26 Å². The minimum atomic E-state index is -3.26. The van der Waals surface area contributed by atoms with Crippen molar-refractivity contribution in [3.05, 3.63) is 24.2 Å². The van der Waals surface area contributed by atoms with Crippen LogP contribution in [0.4, 0.5) is 0 Å². The summed E-state index contributed by atoms with van der Waals surface area (Å²) in [4.78, 5) is 11.0. The largest absolute Gasteiger partial charge is 0.461 e. The molecule has 5 heteroatoms. The Bertz CT molecular complexity index is 360. The van der Waals surface area contributed by atoms with Crippen LogP contribution in [0, 0.1) is 0 Å². The van der Waals surface area contributed by atoms with E-state index in [0.29, 0.717) is 0 Å². The van der Waals surface area contributed by atoms with E-state index in [4.69, 9.17) is 4.42 Å². The molecule has 0 aliphatic carbocycles. The highest BCUT2D eigenvalue weighted by atomic mass is 32.2. The van der Waals surface area contributed by atoms with Gasteiger partial charge in [-0.2, -0.15) is 0 Å². The summed E-state index contributed by atoms with van der Waals surface area (Å²) in [5.41, 5.74) is 0. The highest BCUT2D eigenvalue weighted by molar-refractivity contribution is 7.91. The first-order valence-corrected chi connectivity index (χ1v) is 5.29. The van der Waals surface area contributed by atoms with Gasteiger partial charge in [-0.05, 0) is 12.1 Å². The molecule has 1 heterocycles. The number of carbonyl (C=O) groups is 1. The maximum atomic E-state index is 11.0. The SMILES string of the molecule is CS(=O)(=O)CC(=O)c1ccco1. The Balaban J connectivity index is 2.76. The van der Waals surface area contributed by atoms with Crippen LogP contribution in [-0.2, 0) is 9.84 Å². The van der Waals surface area contributed by atoms with Crippen LogP contribution in [0.5, 0.6) is 0 Å². The average Bonchev–Trinajstić information content (AvgIpc) is 2.32. The lowest BCUT2D eigenvalue weighted by atomic mass is 10.3. The van der Waals surface area contributed by atoms with Gasteiger partial charge in [0.2, 0.25) is 5.78 Å². The number of ketones is 1. The topological polar surface area (TPSA) is 64.3 Å². The van der Waals surface area contributed by atoms with Crippen molar-refractivity contribution in [1.82, 2.24) is 0 Å². The summed E-state index contributed by atoms with van der Waals surface area (Å²) in [5.74, 6) is -0.927. The second kappa shape index (κ2) is 3.10. The van der Waals surface area contributed by atoms with Crippen molar-refractivity contribution in [2.24, 2.45) is 0 Å². The number of sulfone groups is 1. The molecule has 1 aromatic rings. The van der Waals surface area contributed by atoms with E-state index in [1.807, 2.05) is 0 Å². The van der Waals surface area contributed by atoms with Crippen molar-refractivity contribution in [2.45, 2.75) is 0 Å². The Kier molecular flexibility index (Phi) is 2.32. The fourth-order valence-electron chi connectivity index (χ4n) is 0.746. The van der Waals surface area contributed by atoms with Crippen molar-refractivity contribution < 1.29 is 17.6 Å².